The Balaban J connectivity index is 2.68. The molecule has 0 aliphatic rings. The zero-order chi connectivity index (χ0) is 11.8. The van der Waals surface area contributed by atoms with Crippen LogP contribution in [0.3, 0.4) is 0 Å². The lowest BCUT2D eigenvalue weighted by molar-refractivity contribution is 0.268. The minimum Gasteiger partial charge on any atom is -0.500 e. The number of thiocarbonyl (C=S) groups is 1. The van der Waals surface area contributed by atoms with Gasteiger partial charge in [-0.25, -0.2) is 0 Å². The summed E-state index contributed by atoms with van der Waals surface area (Å²) < 4.78 is 10.3. The van der Waals surface area contributed by atoms with Crippen molar-refractivity contribution in [3.8, 4) is 11.8 Å². The van der Waals surface area contributed by atoms with Crippen LogP contribution in [-0.4, -0.2) is 11.7 Å². The Kier molecular flexibility index (Phi) is 5.03. The molecule has 82 valence electrons. The van der Waals surface area contributed by atoms with Gasteiger partial charge in [-0.1, -0.05) is 18.2 Å². The number of para-hydroxylation sites is 1. The van der Waals surface area contributed by atoms with E-state index in [9.17, 15) is 0 Å². The first-order chi connectivity index (χ1) is 7.77. The van der Waals surface area contributed by atoms with E-state index in [1.807, 2.05) is 31.2 Å². The summed E-state index contributed by atoms with van der Waals surface area (Å²) in [5.74, 6) is 0.602. The second-order valence-corrected chi connectivity index (χ2v) is 3.17. The van der Waals surface area contributed by atoms with Crippen LogP contribution < -0.4 is 4.74 Å². The predicted octanol–water partition coefficient (Wildman–Crippen LogP) is 2.84. The van der Waals surface area contributed by atoms with E-state index in [0.717, 1.165) is 0 Å². The molecule has 1 aromatic carbocycles. The summed E-state index contributed by atoms with van der Waals surface area (Å²) in [4.78, 5) is 0. The van der Waals surface area contributed by atoms with Gasteiger partial charge in [0.25, 0.3) is 0 Å². The fourth-order valence-electron chi connectivity index (χ4n) is 0.937. The Labute approximate surface area is 99.9 Å². The number of rotatable bonds is 4. The van der Waals surface area contributed by atoms with Crippen molar-refractivity contribution in [2.75, 3.05) is 6.61 Å². The second kappa shape index (κ2) is 6.59. The van der Waals surface area contributed by atoms with Gasteiger partial charge in [0.15, 0.2) is 0 Å². The molecule has 16 heavy (non-hydrogen) atoms. The standard InChI is InChI=1S/C12H11NO2S/c1-2-14-9-10(8-13)12(16)15-11-6-4-3-5-7-11/h3-7,9H,2H2,1H3. The first-order valence-electron chi connectivity index (χ1n) is 4.77. The third-order valence-corrected chi connectivity index (χ3v) is 1.97. The number of hydrogen-bond donors (Lipinski definition) is 0. The van der Waals surface area contributed by atoms with E-state index in [1.165, 1.54) is 6.26 Å². The molecule has 0 N–H and O–H groups in total. The molecule has 0 saturated heterocycles. The van der Waals surface area contributed by atoms with Crippen LogP contribution >= 0.6 is 12.2 Å². The van der Waals surface area contributed by atoms with Crippen molar-refractivity contribution < 1.29 is 9.47 Å². The molecule has 0 unspecified atom stereocenters. The molecule has 0 spiro atoms. The largest absolute Gasteiger partial charge is 0.500 e. The molecule has 1 aromatic rings. The van der Waals surface area contributed by atoms with Gasteiger partial charge >= 0.3 is 0 Å². The summed E-state index contributed by atoms with van der Waals surface area (Å²) in [7, 11) is 0. The molecule has 0 saturated carbocycles. The highest BCUT2D eigenvalue weighted by Gasteiger charge is 2.07. The predicted molar refractivity (Wildman–Crippen MR) is 65.0 cm³/mol. The molecule has 0 amide bonds. The fourth-order valence-corrected chi connectivity index (χ4v) is 1.13. The van der Waals surface area contributed by atoms with Gasteiger partial charge in [-0.2, -0.15) is 5.26 Å². The smallest absolute Gasteiger partial charge is 0.211 e. The minimum absolute atomic E-state index is 0.113. The van der Waals surface area contributed by atoms with Crippen molar-refractivity contribution in [2.24, 2.45) is 0 Å². The Hall–Kier alpha value is -1.86. The van der Waals surface area contributed by atoms with E-state index in [-0.39, 0.29) is 10.6 Å². The molecule has 4 heteroatoms. The van der Waals surface area contributed by atoms with Crippen molar-refractivity contribution in [1.82, 2.24) is 0 Å². The number of nitrogens with zero attached hydrogens (tertiary/aromatic N) is 1. The maximum atomic E-state index is 8.84. The lowest BCUT2D eigenvalue weighted by atomic mass is 10.3. The van der Waals surface area contributed by atoms with E-state index < -0.39 is 0 Å². The summed E-state index contributed by atoms with van der Waals surface area (Å²) in [5, 5.41) is 8.95. The van der Waals surface area contributed by atoms with Crippen molar-refractivity contribution >= 4 is 17.3 Å². The summed E-state index contributed by atoms with van der Waals surface area (Å²) in [6, 6.07) is 11.0. The zero-order valence-electron chi connectivity index (χ0n) is 8.84. The molecule has 0 heterocycles. The quantitative estimate of drug-likeness (QED) is 0.347. The SMILES string of the molecule is CCOC=C(C#N)C(=S)Oc1ccccc1. The third kappa shape index (κ3) is 3.71. The first kappa shape index (κ1) is 12.2. The molecule has 3 nitrogen and oxygen atoms in total. The van der Waals surface area contributed by atoms with Gasteiger partial charge in [-0.05, 0) is 31.3 Å². The van der Waals surface area contributed by atoms with E-state index in [2.05, 4.69) is 0 Å². The number of nitriles is 1. The molecule has 0 aliphatic carbocycles. The monoisotopic (exact) mass is 233 g/mol. The van der Waals surface area contributed by atoms with Crippen LogP contribution in [0.1, 0.15) is 6.92 Å². The molecule has 0 atom stereocenters. The highest BCUT2D eigenvalue weighted by molar-refractivity contribution is 7.80. The Morgan fingerprint density at radius 3 is 2.69 bits per heavy atom. The average Bonchev–Trinajstić information content (AvgIpc) is 2.31. The lowest BCUT2D eigenvalue weighted by Crippen LogP contribution is -2.08. The van der Waals surface area contributed by atoms with Gasteiger partial charge in [-0.15, -0.1) is 0 Å². The minimum atomic E-state index is 0.113. The summed E-state index contributed by atoms with van der Waals surface area (Å²) >= 11 is 4.98. The van der Waals surface area contributed by atoms with Gasteiger partial charge in [0, 0.05) is 0 Å². The van der Waals surface area contributed by atoms with Crippen molar-refractivity contribution in [3.63, 3.8) is 0 Å². The van der Waals surface area contributed by atoms with Gasteiger partial charge in [-0.3, -0.25) is 0 Å². The van der Waals surface area contributed by atoms with E-state index in [1.54, 1.807) is 12.1 Å². The molecular weight excluding hydrogens is 222 g/mol. The van der Waals surface area contributed by atoms with Crippen LogP contribution in [0, 0.1) is 11.3 Å². The highest BCUT2D eigenvalue weighted by Crippen LogP contribution is 2.11. The van der Waals surface area contributed by atoms with Gasteiger partial charge in [0.05, 0.1) is 6.61 Å². The molecule has 0 fully saturated rings. The van der Waals surface area contributed by atoms with Gasteiger partial charge in [0.2, 0.25) is 5.05 Å². The molecular formula is C12H11NO2S. The zero-order valence-corrected chi connectivity index (χ0v) is 9.66. The molecule has 0 aliphatic heterocycles. The van der Waals surface area contributed by atoms with Gasteiger partial charge < -0.3 is 9.47 Å². The van der Waals surface area contributed by atoms with Crippen molar-refractivity contribution in [3.05, 3.63) is 42.2 Å². The summed E-state index contributed by atoms with van der Waals surface area (Å²) in [6.07, 6.45) is 1.31. The first-order valence-corrected chi connectivity index (χ1v) is 5.18. The normalized spacial score (nSPS) is 10.4. The molecule has 0 radical (unpaired) electrons. The maximum Gasteiger partial charge on any atom is 0.211 e. The summed E-state index contributed by atoms with van der Waals surface area (Å²) in [6.45, 7) is 2.31. The Morgan fingerprint density at radius 2 is 2.12 bits per heavy atom. The average molecular weight is 233 g/mol. The molecule has 0 bridgehead atoms. The lowest BCUT2D eigenvalue weighted by Gasteiger charge is -2.05. The van der Waals surface area contributed by atoms with Crippen LogP contribution in [0.4, 0.5) is 0 Å². The third-order valence-electron chi connectivity index (χ3n) is 1.66. The molecule has 0 aromatic heterocycles. The van der Waals surface area contributed by atoms with Crippen LogP contribution in [0.15, 0.2) is 42.2 Å². The van der Waals surface area contributed by atoms with Crippen LogP contribution in [0.2, 0.25) is 0 Å². The topological polar surface area (TPSA) is 42.2 Å². The fraction of sp³-hybridized carbons (Fsp3) is 0.167. The summed E-state index contributed by atoms with van der Waals surface area (Å²) in [5.41, 5.74) is 0.209. The number of benzene rings is 1. The Bertz CT molecular complexity index is 420. The van der Waals surface area contributed by atoms with E-state index in [4.69, 9.17) is 27.0 Å². The second-order valence-electron chi connectivity index (χ2n) is 2.80. The van der Waals surface area contributed by atoms with Gasteiger partial charge in [0.1, 0.15) is 23.7 Å². The van der Waals surface area contributed by atoms with Crippen LogP contribution in [-0.2, 0) is 4.74 Å². The van der Waals surface area contributed by atoms with E-state index >= 15 is 0 Å². The van der Waals surface area contributed by atoms with Crippen LogP contribution in [0.25, 0.3) is 0 Å². The number of ether oxygens (including phenoxy) is 2. The van der Waals surface area contributed by atoms with Crippen molar-refractivity contribution in [1.29, 1.82) is 5.26 Å². The van der Waals surface area contributed by atoms with E-state index in [0.29, 0.717) is 12.4 Å². The number of hydrogen-bond acceptors (Lipinski definition) is 4. The highest BCUT2D eigenvalue weighted by atomic mass is 32.1. The Morgan fingerprint density at radius 1 is 1.44 bits per heavy atom. The van der Waals surface area contributed by atoms with Crippen LogP contribution in [0.5, 0.6) is 5.75 Å². The molecule has 1 rings (SSSR count). The maximum absolute atomic E-state index is 8.84. The van der Waals surface area contributed by atoms with Crippen molar-refractivity contribution in [2.45, 2.75) is 6.92 Å².